The fourth-order valence-corrected chi connectivity index (χ4v) is 5.76. The first-order chi connectivity index (χ1) is 33.6. The Balaban J connectivity index is 1.53. The number of benzene rings is 7. The van der Waals surface area contributed by atoms with Crippen molar-refractivity contribution in [2.75, 3.05) is 0 Å². The number of para-hydroxylation sites is 3. The van der Waals surface area contributed by atoms with E-state index in [9.17, 15) is 11.0 Å². The van der Waals surface area contributed by atoms with E-state index in [2.05, 4.69) is 9.97 Å². The summed E-state index contributed by atoms with van der Waals surface area (Å²) in [5.41, 5.74) is -4.90. The van der Waals surface area contributed by atoms with Crippen molar-refractivity contribution in [1.82, 2.24) is 19.1 Å². The van der Waals surface area contributed by atoms with E-state index in [4.69, 9.17) is 23.3 Å². The third kappa shape index (κ3) is 3.82. The lowest BCUT2D eigenvalue weighted by atomic mass is 10.0. The van der Waals surface area contributed by atoms with Gasteiger partial charge in [-0.2, -0.15) is 0 Å². The number of fused-ring (bicyclic) bond motifs is 9. The number of hydrogen-bond acceptors (Lipinski definition) is 2. The van der Waals surface area contributed by atoms with Gasteiger partial charge in [-0.25, -0.2) is 9.97 Å². The molecule has 0 aliphatic rings. The normalized spacial score (nSPS) is 19.4. The van der Waals surface area contributed by atoms with Gasteiger partial charge in [0.05, 0.1) is 67.5 Å². The van der Waals surface area contributed by atoms with Crippen molar-refractivity contribution in [2.45, 2.75) is 6.92 Å². The van der Waals surface area contributed by atoms with Crippen LogP contribution in [0.4, 0.5) is 0 Å². The van der Waals surface area contributed by atoms with Crippen LogP contribution in [0.1, 0.15) is 39.8 Å². The average Bonchev–Trinajstić information content (AvgIpc) is 3.89. The van der Waals surface area contributed by atoms with Crippen molar-refractivity contribution < 1.29 is 34.3 Å². The Morgan fingerprint density at radius 2 is 1.09 bits per heavy atom. The molecule has 0 aliphatic carbocycles. The first-order valence-electron chi connectivity index (χ1n) is 26.5. The van der Waals surface area contributed by atoms with Crippen molar-refractivity contribution >= 4 is 65.3 Å². The summed E-state index contributed by atoms with van der Waals surface area (Å²) in [6.45, 7) is 1.32. The van der Waals surface area contributed by atoms with Gasteiger partial charge in [-0.3, -0.25) is 4.57 Å². The zero-order valence-electron chi connectivity index (χ0n) is 48.8. The summed E-state index contributed by atoms with van der Waals surface area (Å²) in [7, 11) is 0. The molecule has 0 bridgehead atoms. The molecule has 0 spiro atoms. The summed E-state index contributed by atoms with van der Waals surface area (Å²) >= 11 is 0. The Hall–Kier alpha value is -6.26. The van der Waals surface area contributed by atoms with E-state index >= 15 is 0 Å². The Labute approximate surface area is 305 Å². The zero-order chi connectivity index (χ0) is 52.8. The van der Waals surface area contributed by atoms with E-state index in [-0.39, 0.29) is 5.56 Å². The molecule has 0 N–H and O–H groups in total. The van der Waals surface area contributed by atoms with Crippen LogP contribution in [0.3, 0.4) is 0 Å². The van der Waals surface area contributed by atoms with Crippen LogP contribution in [0.15, 0.2) is 151 Å². The topological polar surface area (TPSA) is 35.6 Å². The Kier molecular flexibility index (Phi) is 2.42. The molecule has 220 valence electrons. The van der Waals surface area contributed by atoms with Crippen LogP contribution in [-0.2, 0) is 0 Å². The average molecular weight is 626 g/mol. The second-order valence-corrected chi connectivity index (χ2v) is 10.4. The molecule has 0 radical (unpaired) electrons. The molecular formula is C43H28N4. The maximum Gasteiger partial charge on any atom is 0.235 e. The third-order valence-electron chi connectivity index (χ3n) is 7.73. The molecular weight excluding hydrogens is 573 g/mol. The van der Waals surface area contributed by atoms with Crippen LogP contribution < -0.4 is 0 Å². The molecule has 47 heavy (non-hydrogen) atoms. The number of rotatable bonds is 3. The highest BCUT2D eigenvalue weighted by molar-refractivity contribution is 6.28. The molecule has 3 heterocycles. The van der Waals surface area contributed by atoms with Crippen LogP contribution in [0.5, 0.6) is 0 Å². The van der Waals surface area contributed by atoms with Gasteiger partial charge >= 0.3 is 0 Å². The monoisotopic (exact) mass is 625 g/mol. The van der Waals surface area contributed by atoms with E-state index in [1.165, 1.54) is 6.92 Å². The van der Waals surface area contributed by atoms with Crippen molar-refractivity contribution in [2.24, 2.45) is 0 Å². The minimum atomic E-state index is -0.899. The Morgan fingerprint density at radius 1 is 0.489 bits per heavy atom. The Bertz CT molecular complexity index is 4260. The molecule has 0 atom stereocenters. The van der Waals surface area contributed by atoms with Crippen molar-refractivity contribution in [3.05, 3.63) is 157 Å². The van der Waals surface area contributed by atoms with E-state index in [0.29, 0.717) is 0 Å². The fraction of sp³-hybridized carbons (Fsp3) is 0.0233. The maximum atomic E-state index is 9.77. The van der Waals surface area contributed by atoms with Gasteiger partial charge < -0.3 is 4.57 Å². The molecule has 4 heteroatoms. The van der Waals surface area contributed by atoms with Gasteiger partial charge in [-0.1, -0.05) is 108 Å². The maximum absolute atomic E-state index is 9.77. The SMILES string of the molecule is [2H]c1c([2H])c(-n2c3c([2H])c([2H])c([2H])c([2H])c3c3c4c5c([2H])c([2H])c([2H])c([2H])c5n(-c5nc(-c6c([2H])c([2H])c7c([2H])c([2H])c([2H])c([2H])c7c6[2H])c6c([2H])c([2H])c([2H])c([2H])c6n5)c4c([2H])c([2H])c32)c([2H])c([2H])c1C. The molecule has 0 unspecified atom stereocenters. The minimum absolute atomic E-state index is 0.0908. The number of nitrogens with zero attached hydrogens (tertiary/aromatic N) is 4. The van der Waals surface area contributed by atoms with Crippen LogP contribution in [0, 0.1) is 6.92 Å². The summed E-state index contributed by atoms with van der Waals surface area (Å²) in [5, 5.41) is -3.41. The smallest absolute Gasteiger partial charge is 0.235 e. The first-order valence-corrected chi connectivity index (χ1v) is 14.0. The second-order valence-electron chi connectivity index (χ2n) is 10.4. The number of aromatic nitrogens is 4. The van der Waals surface area contributed by atoms with Crippen molar-refractivity contribution in [3.63, 3.8) is 0 Å². The second kappa shape index (κ2) is 9.87. The minimum Gasteiger partial charge on any atom is -0.309 e. The molecule has 0 amide bonds. The lowest BCUT2D eigenvalue weighted by Crippen LogP contribution is -2.03. The van der Waals surface area contributed by atoms with Crippen LogP contribution >= 0.6 is 0 Å². The quantitative estimate of drug-likeness (QED) is 0.196. The van der Waals surface area contributed by atoms with Crippen LogP contribution in [0.25, 0.3) is 88.2 Å². The molecule has 0 fully saturated rings. The lowest BCUT2D eigenvalue weighted by molar-refractivity contribution is 1.01. The van der Waals surface area contributed by atoms with E-state index in [0.717, 1.165) is 9.13 Å². The highest BCUT2D eigenvalue weighted by Crippen LogP contribution is 2.42. The molecule has 10 rings (SSSR count). The van der Waals surface area contributed by atoms with Gasteiger partial charge in [0.1, 0.15) is 0 Å². The lowest BCUT2D eigenvalue weighted by Gasteiger charge is -2.12. The highest BCUT2D eigenvalue weighted by atomic mass is 15.2. The predicted molar refractivity (Wildman–Crippen MR) is 196 cm³/mol. The third-order valence-corrected chi connectivity index (χ3v) is 7.73. The summed E-state index contributed by atoms with van der Waals surface area (Å²) in [6.07, 6.45) is 0. The molecule has 7 aromatic carbocycles. The van der Waals surface area contributed by atoms with Crippen molar-refractivity contribution in [1.29, 1.82) is 0 Å². The summed E-state index contributed by atoms with van der Waals surface area (Å²) in [4.78, 5) is 9.12. The Morgan fingerprint density at radius 3 is 1.83 bits per heavy atom. The van der Waals surface area contributed by atoms with E-state index in [1.807, 2.05) is 0 Å². The van der Waals surface area contributed by atoms with Gasteiger partial charge in [0.25, 0.3) is 0 Å². The molecule has 10 aromatic rings. The standard InChI is InChI=1S/C43H28N4/c1-27-18-22-31(23-19-27)46-36-16-8-5-13-33(36)40-38(46)24-25-39-41(40)34-14-6-9-17-37(34)47(39)43-44-35-15-7-4-12-32(35)42(45-43)30-21-20-28-10-2-3-11-29(28)26-30/h2-26H,1H3/i2D,3D,4D,5D,6D,7D,8D,9D,10D,11D,12D,13D,14D,15D,16D,17D,18D,19D,20D,21D,22D,23D,24D,25D,26D. The predicted octanol–water partition coefficient (Wildman–Crippen LogP) is 11.0. The van der Waals surface area contributed by atoms with Crippen LogP contribution in [-0.4, -0.2) is 19.1 Å². The van der Waals surface area contributed by atoms with Crippen molar-refractivity contribution in [3.8, 4) is 22.9 Å². The molecule has 0 aliphatic heterocycles. The molecule has 3 aromatic heterocycles. The van der Waals surface area contributed by atoms with Gasteiger partial charge in [0, 0.05) is 38.2 Å². The van der Waals surface area contributed by atoms with Gasteiger partial charge in [0.15, 0.2) is 0 Å². The van der Waals surface area contributed by atoms with E-state index in [1.54, 1.807) is 0 Å². The summed E-state index contributed by atoms with van der Waals surface area (Å²) in [6, 6.07) is -20.1. The van der Waals surface area contributed by atoms with Gasteiger partial charge in [0.2, 0.25) is 5.95 Å². The van der Waals surface area contributed by atoms with Gasteiger partial charge in [-0.15, -0.1) is 0 Å². The van der Waals surface area contributed by atoms with Crippen LogP contribution in [0.2, 0.25) is 0 Å². The largest absolute Gasteiger partial charge is 0.309 e. The van der Waals surface area contributed by atoms with Gasteiger partial charge in [-0.05, 0) is 66.0 Å². The molecule has 4 nitrogen and oxygen atoms in total. The summed E-state index contributed by atoms with van der Waals surface area (Å²) in [5.74, 6) is -0.802. The van der Waals surface area contributed by atoms with E-state index < -0.39 is 239 Å². The molecule has 0 saturated heterocycles. The highest BCUT2D eigenvalue weighted by Gasteiger charge is 2.22. The zero-order valence-corrected chi connectivity index (χ0v) is 23.8. The fourth-order valence-electron chi connectivity index (χ4n) is 5.76. The molecule has 0 saturated carbocycles. The summed E-state index contributed by atoms with van der Waals surface area (Å²) < 4.78 is 226. The first kappa shape index (κ1) is 11.5. The number of hydrogen-bond donors (Lipinski definition) is 0.